The summed E-state index contributed by atoms with van der Waals surface area (Å²) < 4.78 is 5.94. The zero-order valence-electron chi connectivity index (χ0n) is 12.2. The summed E-state index contributed by atoms with van der Waals surface area (Å²) in [5.41, 5.74) is 4.90. The first-order valence-corrected chi connectivity index (χ1v) is 7.52. The van der Waals surface area contributed by atoms with Crippen molar-refractivity contribution in [3.63, 3.8) is 0 Å². The van der Waals surface area contributed by atoms with Crippen LogP contribution in [0, 0.1) is 0 Å². The molecule has 112 valence electrons. The number of phenols is 1. The maximum absolute atomic E-state index is 9.51. The van der Waals surface area contributed by atoms with E-state index < -0.39 is 0 Å². The van der Waals surface area contributed by atoms with Crippen molar-refractivity contribution in [3.8, 4) is 22.8 Å². The van der Waals surface area contributed by atoms with Crippen molar-refractivity contribution in [1.82, 2.24) is 15.2 Å². The molecule has 2 N–H and O–H groups in total. The lowest BCUT2D eigenvalue weighted by atomic mass is 10.00. The predicted molar refractivity (Wildman–Crippen MR) is 87.7 cm³/mol. The van der Waals surface area contributed by atoms with Gasteiger partial charge in [-0.15, -0.1) is 0 Å². The van der Waals surface area contributed by atoms with E-state index in [4.69, 9.17) is 9.72 Å². The Balaban J connectivity index is 1.88. The molecule has 0 spiro atoms. The third kappa shape index (κ3) is 1.73. The molecule has 5 rings (SSSR count). The molecule has 5 heteroatoms. The Kier molecular flexibility index (Phi) is 2.42. The van der Waals surface area contributed by atoms with Crippen molar-refractivity contribution in [2.24, 2.45) is 0 Å². The number of aromatic hydroxyl groups is 1. The van der Waals surface area contributed by atoms with Gasteiger partial charge in [-0.25, -0.2) is 4.98 Å². The molecule has 2 aromatic carbocycles. The summed E-state index contributed by atoms with van der Waals surface area (Å²) in [6, 6.07) is 11.1. The third-order valence-corrected chi connectivity index (χ3v) is 4.36. The molecule has 0 bridgehead atoms. The van der Waals surface area contributed by atoms with E-state index in [0.29, 0.717) is 6.61 Å². The van der Waals surface area contributed by atoms with Gasteiger partial charge in [0.1, 0.15) is 11.5 Å². The summed E-state index contributed by atoms with van der Waals surface area (Å²) in [5.74, 6) is 1.16. The molecule has 4 aromatic rings. The molecule has 0 radical (unpaired) electrons. The normalized spacial score (nSPS) is 13.4. The molecule has 5 nitrogen and oxygen atoms in total. The summed E-state index contributed by atoms with van der Waals surface area (Å²) in [6.45, 7) is 0.662. The first kappa shape index (κ1) is 12.5. The van der Waals surface area contributed by atoms with E-state index in [1.54, 1.807) is 12.1 Å². The number of nitrogens with zero attached hydrogens (tertiary/aromatic N) is 2. The van der Waals surface area contributed by atoms with E-state index in [1.807, 2.05) is 30.5 Å². The van der Waals surface area contributed by atoms with Gasteiger partial charge in [-0.05, 0) is 36.4 Å². The highest BCUT2D eigenvalue weighted by Crippen LogP contribution is 2.41. The van der Waals surface area contributed by atoms with Crippen LogP contribution in [-0.2, 0) is 6.42 Å². The fourth-order valence-electron chi connectivity index (χ4n) is 3.29. The van der Waals surface area contributed by atoms with E-state index in [0.717, 1.165) is 50.8 Å². The summed E-state index contributed by atoms with van der Waals surface area (Å²) in [4.78, 5) is 4.87. The van der Waals surface area contributed by atoms with Gasteiger partial charge in [0.05, 0.1) is 34.9 Å². The number of aromatic amines is 1. The van der Waals surface area contributed by atoms with Gasteiger partial charge in [0.25, 0.3) is 0 Å². The zero-order chi connectivity index (χ0) is 15.4. The van der Waals surface area contributed by atoms with Gasteiger partial charge in [0, 0.05) is 22.9 Å². The fraction of sp³-hybridized carbons (Fsp3) is 0.111. The van der Waals surface area contributed by atoms with E-state index in [-0.39, 0.29) is 5.75 Å². The maximum atomic E-state index is 9.51. The van der Waals surface area contributed by atoms with E-state index >= 15 is 0 Å². The zero-order valence-corrected chi connectivity index (χ0v) is 12.2. The lowest BCUT2D eigenvalue weighted by molar-refractivity contribution is 0.360. The Bertz CT molecular complexity index is 1050. The van der Waals surface area contributed by atoms with Gasteiger partial charge >= 0.3 is 0 Å². The van der Waals surface area contributed by atoms with Crippen molar-refractivity contribution in [1.29, 1.82) is 0 Å². The highest BCUT2D eigenvalue weighted by molar-refractivity contribution is 6.09. The second-order valence-corrected chi connectivity index (χ2v) is 5.70. The summed E-state index contributed by atoms with van der Waals surface area (Å²) >= 11 is 0. The number of fused-ring (bicyclic) bond motifs is 5. The van der Waals surface area contributed by atoms with Gasteiger partial charge in [-0.2, -0.15) is 5.10 Å². The van der Waals surface area contributed by atoms with Crippen LogP contribution in [0.3, 0.4) is 0 Å². The molecule has 0 aliphatic carbocycles. The van der Waals surface area contributed by atoms with Crippen LogP contribution in [0.25, 0.3) is 33.1 Å². The van der Waals surface area contributed by atoms with Crippen LogP contribution in [0.2, 0.25) is 0 Å². The van der Waals surface area contributed by atoms with E-state index in [9.17, 15) is 5.11 Å². The number of rotatable bonds is 1. The fourth-order valence-corrected chi connectivity index (χ4v) is 3.29. The first-order valence-electron chi connectivity index (χ1n) is 7.52. The van der Waals surface area contributed by atoms with Crippen LogP contribution in [0.15, 0.2) is 42.6 Å². The summed E-state index contributed by atoms with van der Waals surface area (Å²) in [7, 11) is 0. The molecule has 0 atom stereocenters. The third-order valence-electron chi connectivity index (χ3n) is 4.36. The van der Waals surface area contributed by atoms with Crippen molar-refractivity contribution >= 4 is 21.8 Å². The molecule has 0 amide bonds. The van der Waals surface area contributed by atoms with Crippen molar-refractivity contribution in [2.75, 3.05) is 6.61 Å². The standard InChI is InChI=1S/C18H13N3O2/c22-11-3-1-10(2-4-11)17-12-7-8-23-18(12)16-13-9-19-21-14(13)5-6-15(16)20-17/h1-6,9,22H,7-8H2,(H,19,21). The largest absolute Gasteiger partial charge is 0.508 e. The van der Waals surface area contributed by atoms with E-state index in [1.165, 1.54) is 0 Å². The number of phenolic OH excluding ortho intramolecular Hbond substituents is 1. The highest BCUT2D eigenvalue weighted by Gasteiger charge is 2.23. The Hall–Kier alpha value is -3.08. The number of benzene rings is 2. The minimum atomic E-state index is 0.252. The average Bonchev–Trinajstić information content (AvgIpc) is 3.23. The SMILES string of the molecule is Oc1ccc(-c2nc3ccc4[nH]ncc4c3c3c2CCO3)cc1. The van der Waals surface area contributed by atoms with Crippen molar-refractivity contribution in [2.45, 2.75) is 6.42 Å². The number of aromatic nitrogens is 3. The number of ether oxygens (including phenoxy) is 1. The quantitative estimate of drug-likeness (QED) is 0.565. The van der Waals surface area contributed by atoms with Crippen LogP contribution in [0.4, 0.5) is 0 Å². The average molecular weight is 303 g/mol. The smallest absolute Gasteiger partial charge is 0.134 e. The van der Waals surface area contributed by atoms with Crippen LogP contribution in [0.1, 0.15) is 5.56 Å². The number of H-pyrrole nitrogens is 1. The molecule has 0 unspecified atom stereocenters. The Morgan fingerprint density at radius 1 is 1.09 bits per heavy atom. The molecular weight excluding hydrogens is 290 g/mol. The molecule has 1 aliphatic rings. The Morgan fingerprint density at radius 3 is 2.83 bits per heavy atom. The number of hydrogen-bond donors (Lipinski definition) is 2. The van der Waals surface area contributed by atoms with Gasteiger partial charge in [0.2, 0.25) is 0 Å². The van der Waals surface area contributed by atoms with Crippen LogP contribution in [-0.4, -0.2) is 26.9 Å². The molecule has 1 aliphatic heterocycles. The van der Waals surface area contributed by atoms with E-state index in [2.05, 4.69) is 10.2 Å². The van der Waals surface area contributed by atoms with Gasteiger partial charge in [-0.1, -0.05) is 0 Å². The lowest BCUT2D eigenvalue weighted by Gasteiger charge is -2.11. The predicted octanol–water partition coefficient (Wildman–Crippen LogP) is 3.42. The molecule has 0 saturated heterocycles. The minimum absolute atomic E-state index is 0.252. The summed E-state index contributed by atoms with van der Waals surface area (Å²) in [6.07, 6.45) is 2.66. The topological polar surface area (TPSA) is 71.0 Å². The highest BCUT2D eigenvalue weighted by atomic mass is 16.5. The lowest BCUT2D eigenvalue weighted by Crippen LogP contribution is -1.93. The van der Waals surface area contributed by atoms with Crippen molar-refractivity contribution < 1.29 is 9.84 Å². The molecule has 2 aromatic heterocycles. The molecule has 3 heterocycles. The van der Waals surface area contributed by atoms with Crippen LogP contribution < -0.4 is 4.74 Å². The van der Waals surface area contributed by atoms with Crippen LogP contribution >= 0.6 is 0 Å². The molecular formula is C18H13N3O2. The van der Waals surface area contributed by atoms with Crippen molar-refractivity contribution in [3.05, 3.63) is 48.2 Å². The second kappa shape index (κ2) is 4.46. The molecule has 23 heavy (non-hydrogen) atoms. The van der Waals surface area contributed by atoms with Gasteiger partial charge < -0.3 is 9.84 Å². The van der Waals surface area contributed by atoms with Crippen LogP contribution in [0.5, 0.6) is 11.5 Å². The minimum Gasteiger partial charge on any atom is -0.508 e. The summed E-state index contributed by atoms with van der Waals surface area (Å²) in [5, 5.41) is 18.7. The maximum Gasteiger partial charge on any atom is 0.134 e. The number of nitrogens with one attached hydrogen (secondary N) is 1. The molecule has 0 saturated carbocycles. The Morgan fingerprint density at radius 2 is 1.96 bits per heavy atom. The number of pyridine rings is 1. The monoisotopic (exact) mass is 303 g/mol. The Labute approximate surface area is 131 Å². The van der Waals surface area contributed by atoms with Gasteiger partial charge in [-0.3, -0.25) is 5.10 Å². The first-order chi connectivity index (χ1) is 11.3. The molecule has 0 fully saturated rings. The second-order valence-electron chi connectivity index (χ2n) is 5.70. The van der Waals surface area contributed by atoms with Gasteiger partial charge in [0.15, 0.2) is 0 Å². The number of hydrogen-bond acceptors (Lipinski definition) is 4.